The molecule has 4 heteroatoms. The zero-order valence-corrected chi connectivity index (χ0v) is 16.2. The second-order valence-electron chi connectivity index (χ2n) is 8.84. The van der Waals surface area contributed by atoms with Gasteiger partial charge in [0.25, 0.3) is 0 Å². The monoisotopic (exact) mass is 353 g/mol. The minimum atomic E-state index is 0.342. The molecule has 4 nitrogen and oxygen atoms in total. The quantitative estimate of drug-likeness (QED) is 0.769. The average Bonchev–Trinajstić information content (AvgIpc) is 3.36. The highest BCUT2D eigenvalue weighted by Gasteiger charge is 2.48. The number of rotatable bonds is 8. The number of hydrogen-bond donors (Lipinski definition) is 1. The Balaban J connectivity index is 1.29. The fraction of sp³-hybridized carbons (Fsp3) is 0.591. The van der Waals surface area contributed by atoms with Crippen molar-refractivity contribution in [1.82, 2.24) is 10.5 Å². The first-order chi connectivity index (χ1) is 12.5. The SMILES string of the molecule is CN(Cc1cc(C[C@@H]2C[C@H](NCC3CC3)C2(C)C)no1)c1ccccc1. The third-order valence-corrected chi connectivity index (χ3v) is 6.47. The molecule has 140 valence electrons. The third kappa shape index (κ3) is 3.80. The van der Waals surface area contributed by atoms with Crippen molar-refractivity contribution in [2.45, 2.75) is 52.1 Å². The molecular formula is C22H31N3O. The minimum absolute atomic E-state index is 0.342. The van der Waals surface area contributed by atoms with Gasteiger partial charge in [-0.1, -0.05) is 37.2 Å². The van der Waals surface area contributed by atoms with Gasteiger partial charge in [0, 0.05) is 24.8 Å². The van der Waals surface area contributed by atoms with E-state index in [2.05, 4.69) is 66.6 Å². The molecule has 0 bridgehead atoms. The lowest BCUT2D eigenvalue weighted by Crippen LogP contribution is -2.57. The number of para-hydroxylation sites is 1. The predicted molar refractivity (Wildman–Crippen MR) is 105 cm³/mol. The molecule has 0 amide bonds. The first kappa shape index (κ1) is 17.6. The largest absolute Gasteiger partial charge is 0.367 e. The number of nitrogens with one attached hydrogen (secondary N) is 1. The van der Waals surface area contributed by atoms with Gasteiger partial charge in [0.05, 0.1) is 12.2 Å². The van der Waals surface area contributed by atoms with Crippen LogP contribution in [0.15, 0.2) is 40.9 Å². The summed E-state index contributed by atoms with van der Waals surface area (Å²) in [5.41, 5.74) is 2.63. The summed E-state index contributed by atoms with van der Waals surface area (Å²) in [7, 11) is 2.09. The minimum Gasteiger partial charge on any atom is -0.367 e. The zero-order valence-electron chi connectivity index (χ0n) is 16.2. The Morgan fingerprint density at radius 2 is 2.00 bits per heavy atom. The molecule has 1 heterocycles. The predicted octanol–water partition coefficient (Wildman–Crippen LogP) is 4.27. The summed E-state index contributed by atoms with van der Waals surface area (Å²) in [5.74, 6) is 2.57. The van der Waals surface area contributed by atoms with Crippen LogP contribution >= 0.6 is 0 Å². The lowest BCUT2D eigenvalue weighted by molar-refractivity contribution is 0.0131. The van der Waals surface area contributed by atoms with Crippen LogP contribution < -0.4 is 10.2 Å². The van der Waals surface area contributed by atoms with E-state index in [1.807, 2.05) is 6.07 Å². The molecule has 0 saturated heterocycles. The van der Waals surface area contributed by atoms with Crippen LogP contribution in [0, 0.1) is 17.3 Å². The van der Waals surface area contributed by atoms with Crippen LogP contribution in [0.3, 0.4) is 0 Å². The van der Waals surface area contributed by atoms with Gasteiger partial charge in [-0.2, -0.15) is 0 Å². The van der Waals surface area contributed by atoms with Gasteiger partial charge < -0.3 is 14.7 Å². The lowest BCUT2D eigenvalue weighted by atomic mass is 9.57. The number of aromatic nitrogens is 1. The van der Waals surface area contributed by atoms with Crippen LogP contribution in [0.2, 0.25) is 0 Å². The second kappa shape index (κ2) is 7.07. The van der Waals surface area contributed by atoms with Crippen molar-refractivity contribution in [2.24, 2.45) is 17.3 Å². The summed E-state index contributed by atoms with van der Waals surface area (Å²) in [4.78, 5) is 2.19. The number of anilines is 1. The molecule has 2 aliphatic rings. The smallest absolute Gasteiger partial charge is 0.156 e. The van der Waals surface area contributed by atoms with Crippen LogP contribution in [0.4, 0.5) is 5.69 Å². The molecule has 2 aliphatic carbocycles. The Kier molecular flexibility index (Phi) is 4.78. The van der Waals surface area contributed by atoms with Gasteiger partial charge in [0.1, 0.15) is 0 Å². The molecule has 1 aromatic carbocycles. The van der Waals surface area contributed by atoms with E-state index in [4.69, 9.17) is 4.52 Å². The average molecular weight is 354 g/mol. The molecule has 0 unspecified atom stereocenters. The van der Waals surface area contributed by atoms with E-state index in [1.165, 1.54) is 31.5 Å². The Labute approximate surface area is 156 Å². The maximum absolute atomic E-state index is 5.60. The van der Waals surface area contributed by atoms with Crippen molar-refractivity contribution in [3.05, 3.63) is 47.9 Å². The summed E-state index contributed by atoms with van der Waals surface area (Å²) >= 11 is 0. The van der Waals surface area contributed by atoms with Crippen molar-refractivity contribution >= 4 is 5.69 Å². The summed E-state index contributed by atoms with van der Waals surface area (Å²) in [6.07, 6.45) is 5.12. The third-order valence-electron chi connectivity index (χ3n) is 6.47. The molecule has 2 aromatic rings. The molecule has 1 aromatic heterocycles. The first-order valence-corrected chi connectivity index (χ1v) is 9.96. The summed E-state index contributed by atoms with van der Waals surface area (Å²) < 4.78 is 5.60. The number of hydrogen-bond acceptors (Lipinski definition) is 4. The molecule has 2 saturated carbocycles. The van der Waals surface area contributed by atoms with Gasteiger partial charge >= 0.3 is 0 Å². The number of nitrogens with zero attached hydrogens (tertiary/aromatic N) is 2. The molecule has 2 fully saturated rings. The maximum Gasteiger partial charge on any atom is 0.156 e. The van der Waals surface area contributed by atoms with Crippen molar-refractivity contribution in [2.75, 3.05) is 18.5 Å². The summed E-state index contributed by atoms with van der Waals surface area (Å²) in [5, 5.41) is 8.12. The van der Waals surface area contributed by atoms with E-state index in [-0.39, 0.29) is 0 Å². The molecule has 2 atom stereocenters. The van der Waals surface area contributed by atoms with Crippen molar-refractivity contribution < 1.29 is 4.52 Å². The van der Waals surface area contributed by atoms with Crippen LogP contribution in [0.1, 0.15) is 44.6 Å². The van der Waals surface area contributed by atoms with Crippen LogP contribution in [-0.4, -0.2) is 24.8 Å². The van der Waals surface area contributed by atoms with Crippen LogP contribution in [-0.2, 0) is 13.0 Å². The molecule has 4 rings (SSSR count). The summed E-state index contributed by atoms with van der Waals surface area (Å²) in [6, 6.07) is 13.2. The van der Waals surface area contributed by atoms with Crippen LogP contribution in [0.25, 0.3) is 0 Å². The summed E-state index contributed by atoms with van der Waals surface area (Å²) in [6.45, 7) is 6.75. The fourth-order valence-corrected chi connectivity index (χ4v) is 4.13. The molecule has 26 heavy (non-hydrogen) atoms. The van der Waals surface area contributed by atoms with Crippen molar-refractivity contribution in [3.63, 3.8) is 0 Å². The lowest BCUT2D eigenvalue weighted by Gasteiger charge is -2.52. The highest BCUT2D eigenvalue weighted by atomic mass is 16.5. The van der Waals surface area contributed by atoms with Crippen LogP contribution in [0.5, 0.6) is 0 Å². The number of benzene rings is 1. The standard InChI is InChI=1S/C22H31N3O/c1-22(2)17(12-21(22)23-14-16-9-10-16)11-18-13-20(26-24-18)15-25(3)19-7-5-4-6-8-19/h4-8,13,16-17,21,23H,9-12,14-15H2,1-3H3/t17-,21+/m1/s1. The molecule has 0 spiro atoms. The molecular weight excluding hydrogens is 322 g/mol. The Morgan fingerprint density at radius 3 is 2.69 bits per heavy atom. The molecule has 0 radical (unpaired) electrons. The van der Waals surface area contributed by atoms with Gasteiger partial charge in [-0.25, -0.2) is 0 Å². The van der Waals surface area contributed by atoms with E-state index in [9.17, 15) is 0 Å². The molecule has 1 N–H and O–H groups in total. The fourth-order valence-electron chi connectivity index (χ4n) is 4.13. The molecule has 0 aliphatic heterocycles. The second-order valence-corrected chi connectivity index (χ2v) is 8.84. The van der Waals surface area contributed by atoms with E-state index < -0.39 is 0 Å². The Morgan fingerprint density at radius 1 is 1.23 bits per heavy atom. The van der Waals surface area contributed by atoms with Crippen molar-refractivity contribution in [3.8, 4) is 0 Å². The normalized spacial score (nSPS) is 24.3. The van der Waals surface area contributed by atoms with E-state index in [0.717, 1.165) is 30.3 Å². The maximum atomic E-state index is 5.60. The van der Waals surface area contributed by atoms with Gasteiger partial charge in [-0.15, -0.1) is 0 Å². The Bertz CT molecular complexity index is 720. The Hall–Kier alpha value is -1.81. The van der Waals surface area contributed by atoms with E-state index in [0.29, 0.717) is 17.4 Å². The highest BCUT2D eigenvalue weighted by molar-refractivity contribution is 5.45. The van der Waals surface area contributed by atoms with Gasteiger partial charge in [-0.3, -0.25) is 0 Å². The van der Waals surface area contributed by atoms with E-state index in [1.54, 1.807) is 0 Å². The van der Waals surface area contributed by atoms with Gasteiger partial charge in [0.15, 0.2) is 5.76 Å². The topological polar surface area (TPSA) is 41.3 Å². The highest BCUT2D eigenvalue weighted by Crippen LogP contribution is 2.48. The first-order valence-electron chi connectivity index (χ1n) is 9.96. The zero-order chi connectivity index (χ0) is 18.1. The van der Waals surface area contributed by atoms with E-state index >= 15 is 0 Å². The van der Waals surface area contributed by atoms with Gasteiger partial charge in [0.2, 0.25) is 0 Å². The van der Waals surface area contributed by atoms with Gasteiger partial charge in [-0.05, 0) is 61.6 Å². The van der Waals surface area contributed by atoms with Crippen molar-refractivity contribution in [1.29, 1.82) is 0 Å².